The number of nitrogens with zero attached hydrogens (tertiary/aromatic N) is 3. The van der Waals surface area contributed by atoms with Crippen molar-refractivity contribution in [2.45, 2.75) is 44.4 Å². The van der Waals surface area contributed by atoms with Gasteiger partial charge in [-0.05, 0) is 38.8 Å². The highest BCUT2D eigenvalue weighted by atomic mass is 16.2. The zero-order chi connectivity index (χ0) is 13.9. The van der Waals surface area contributed by atoms with Gasteiger partial charge in [-0.15, -0.1) is 0 Å². The molecule has 0 radical (unpaired) electrons. The van der Waals surface area contributed by atoms with Crippen molar-refractivity contribution in [2.75, 3.05) is 18.4 Å². The van der Waals surface area contributed by atoms with Gasteiger partial charge >= 0.3 is 0 Å². The number of rotatable bonds is 3. The first-order chi connectivity index (χ1) is 9.74. The highest BCUT2D eigenvalue weighted by molar-refractivity contribution is 5.91. The Morgan fingerprint density at radius 2 is 1.95 bits per heavy atom. The van der Waals surface area contributed by atoms with E-state index in [4.69, 9.17) is 0 Å². The van der Waals surface area contributed by atoms with Crippen LogP contribution in [0.25, 0.3) is 0 Å². The lowest BCUT2D eigenvalue weighted by molar-refractivity contribution is -0.119. The van der Waals surface area contributed by atoms with Crippen molar-refractivity contribution < 1.29 is 4.79 Å². The summed E-state index contributed by atoms with van der Waals surface area (Å²) in [4.78, 5) is 16.7. The smallest absolute Gasteiger partial charge is 0.229 e. The summed E-state index contributed by atoms with van der Waals surface area (Å²) in [6.07, 6.45) is 6.48. The first kappa shape index (κ1) is 13.5. The number of carbonyl (C=O) groups is 1. The van der Waals surface area contributed by atoms with E-state index in [1.165, 1.54) is 0 Å². The topological polar surface area (TPSA) is 71.8 Å². The van der Waals surface area contributed by atoms with Crippen LogP contribution in [-0.2, 0) is 11.8 Å². The predicted octanol–water partition coefficient (Wildman–Crippen LogP) is 1.41. The summed E-state index contributed by atoms with van der Waals surface area (Å²) in [5.41, 5.74) is 0. The summed E-state index contributed by atoms with van der Waals surface area (Å²) in [6, 6.07) is 0. The first-order valence-corrected chi connectivity index (χ1v) is 7.66. The minimum atomic E-state index is 0.106. The Hall–Kier alpha value is -1.43. The third-order valence-electron chi connectivity index (χ3n) is 4.44. The van der Waals surface area contributed by atoms with Gasteiger partial charge in [0, 0.05) is 18.9 Å². The second-order valence-electron chi connectivity index (χ2n) is 5.91. The molecule has 20 heavy (non-hydrogen) atoms. The van der Waals surface area contributed by atoms with Crippen LogP contribution in [0.4, 0.5) is 5.95 Å². The fourth-order valence-corrected chi connectivity index (χ4v) is 3.17. The SMILES string of the molecule is Cn1nc(C2CCNCC2)nc1NC(=O)C1CCCC1. The number of anilines is 1. The zero-order valence-electron chi connectivity index (χ0n) is 12.1. The monoisotopic (exact) mass is 277 g/mol. The van der Waals surface area contributed by atoms with Gasteiger partial charge in [-0.2, -0.15) is 10.1 Å². The molecule has 1 aromatic heterocycles. The Morgan fingerprint density at radius 1 is 1.25 bits per heavy atom. The highest BCUT2D eigenvalue weighted by Gasteiger charge is 2.25. The predicted molar refractivity (Wildman–Crippen MR) is 76.4 cm³/mol. The van der Waals surface area contributed by atoms with Crippen LogP contribution in [0.15, 0.2) is 0 Å². The van der Waals surface area contributed by atoms with Crippen molar-refractivity contribution in [3.05, 3.63) is 5.82 Å². The summed E-state index contributed by atoms with van der Waals surface area (Å²) in [7, 11) is 1.85. The molecule has 0 unspecified atom stereocenters. The Bertz CT molecular complexity index is 472. The second-order valence-corrected chi connectivity index (χ2v) is 5.91. The Labute approximate surface area is 119 Å². The normalized spacial score (nSPS) is 21.2. The van der Waals surface area contributed by atoms with Crippen LogP contribution >= 0.6 is 0 Å². The second kappa shape index (κ2) is 5.91. The number of carbonyl (C=O) groups excluding carboxylic acids is 1. The van der Waals surface area contributed by atoms with Gasteiger partial charge in [-0.1, -0.05) is 12.8 Å². The lowest BCUT2D eigenvalue weighted by Crippen LogP contribution is -2.27. The standard InChI is InChI=1S/C14H23N5O/c1-19-14(17-13(20)11-4-2-3-5-11)16-12(18-19)10-6-8-15-9-7-10/h10-11,15H,2-9H2,1H3,(H,16,17,18,20). The number of amides is 1. The van der Waals surface area contributed by atoms with Gasteiger partial charge in [-0.25, -0.2) is 4.68 Å². The summed E-state index contributed by atoms with van der Waals surface area (Å²) >= 11 is 0. The van der Waals surface area contributed by atoms with Gasteiger partial charge in [0.15, 0.2) is 5.82 Å². The van der Waals surface area contributed by atoms with E-state index in [2.05, 4.69) is 20.7 Å². The third-order valence-corrected chi connectivity index (χ3v) is 4.44. The molecule has 1 aromatic rings. The molecule has 0 spiro atoms. The van der Waals surface area contributed by atoms with Crippen molar-refractivity contribution in [2.24, 2.45) is 13.0 Å². The Kier molecular flexibility index (Phi) is 4.00. The molecule has 0 bridgehead atoms. The molecule has 2 aliphatic rings. The van der Waals surface area contributed by atoms with Crippen LogP contribution in [0.5, 0.6) is 0 Å². The van der Waals surface area contributed by atoms with Crippen molar-refractivity contribution in [1.82, 2.24) is 20.1 Å². The third kappa shape index (κ3) is 2.85. The number of aromatic nitrogens is 3. The van der Waals surface area contributed by atoms with Crippen LogP contribution in [0, 0.1) is 5.92 Å². The maximum Gasteiger partial charge on any atom is 0.229 e. The number of hydrogen-bond acceptors (Lipinski definition) is 4. The van der Waals surface area contributed by atoms with Crippen molar-refractivity contribution >= 4 is 11.9 Å². The van der Waals surface area contributed by atoms with E-state index < -0.39 is 0 Å². The molecule has 1 saturated carbocycles. The van der Waals surface area contributed by atoms with E-state index in [9.17, 15) is 4.79 Å². The van der Waals surface area contributed by atoms with Gasteiger partial charge in [0.25, 0.3) is 0 Å². The van der Waals surface area contributed by atoms with Gasteiger partial charge in [0.1, 0.15) is 0 Å². The fourth-order valence-electron chi connectivity index (χ4n) is 3.17. The van der Waals surface area contributed by atoms with Gasteiger partial charge < -0.3 is 5.32 Å². The van der Waals surface area contributed by atoms with Crippen molar-refractivity contribution in [3.63, 3.8) is 0 Å². The minimum Gasteiger partial charge on any atom is -0.317 e. The van der Waals surface area contributed by atoms with Crippen molar-refractivity contribution in [1.29, 1.82) is 0 Å². The molecule has 1 aliphatic heterocycles. The zero-order valence-corrected chi connectivity index (χ0v) is 12.1. The number of nitrogens with one attached hydrogen (secondary N) is 2. The average Bonchev–Trinajstić information content (AvgIpc) is 3.10. The number of piperidine rings is 1. The maximum absolute atomic E-state index is 12.2. The van der Waals surface area contributed by atoms with Crippen LogP contribution < -0.4 is 10.6 Å². The molecule has 0 aromatic carbocycles. The first-order valence-electron chi connectivity index (χ1n) is 7.66. The molecule has 0 atom stereocenters. The van der Waals surface area contributed by atoms with E-state index in [1.807, 2.05) is 7.05 Å². The minimum absolute atomic E-state index is 0.106. The summed E-state index contributed by atoms with van der Waals surface area (Å²) in [5.74, 6) is 2.15. The number of aryl methyl sites for hydroxylation is 1. The Balaban J connectivity index is 1.67. The maximum atomic E-state index is 12.2. The molecular weight excluding hydrogens is 254 g/mol. The molecule has 1 saturated heterocycles. The van der Waals surface area contributed by atoms with Crippen LogP contribution in [0.1, 0.15) is 50.3 Å². The van der Waals surface area contributed by atoms with Gasteiger partial charge in [0.2, 0.25) is 11.9 Å². The molecule has 1 amide bonds. The molecule has 2 fully saturated rings. The quantitative estimate of drug-likeness (QED) is 0.876. The Morgan fingerprint density at radius 3 is 2.65 bits per heavy atom. The lowest BCUT2D eigenvalue weighted by atomic mass is 9.98. The van der Waals surface area contributed by atoms with Crippen molar-refractivity contribution in [3.8, 4) is 0 Å². The van der Waals surface area contributed by atoms with E-state index in [-0.39, 0.29) is 11.8 Å². The van der Waals surface area contributed by atoms with E-state index in [1.54, 1.807) is 4.68 Å². The summed E-state index contributed by atoms with van der Waals surface area (Å²) in [6.45, 7) is 2.04. The molecular formula is C14H23N5O. The molecule has 2 heterocycles. The van der Waals surface area contributed by atoms with Crippen LogP contribution in [0.3, 0.4) is 0 Å². The summed E-state index contributed by atoms with van der Waals surface area (Å²) < 4.78 is 1.70. The van der Waals surface area contributed by atoms with E-state index >= 15 is 0 Å². The fraction of sp³-hybridized carbons (Fsp3) is 0.786. The molecule has 3 rings (SSSR count). The van der Waals surface area contributed by atoms with Gasteiger partial charge in [-0.3, -0.25) is 10.1 Å². The average molecular weight is 277 g/mol. The lowest BCUT2D eigenvalue weighted by Gasteiger charge is -2.19. The molecule has 6 nitrogen and oxygen atoms in total. The largest absolute Gasteiger partial charge is 0.317 e. The van der Waals surface area contributed by atoms with Crippen LogP contribution in [0.2, 0.25) is 0 Å². The number of hydrogen-bond donors (Lipinski definition) is 2. The van der Waals surface area contributed by atoms with E-state index in [0.717, 1.165) is 57.4 Å². The molecule has 1 aliphatic carbocycles. The molecule has 2 N–H and O–H groups in total. The van der Waals surface area contributed by atoms with Crippen LogP contribution in [-0.4, -0.2) is 33.8 Å². The highest BCUT2D eigenvalue weighted by Crippen LogP contribution is 2.27. The van der Waals surface area contributed by atoms with Gasteiger partial charge in [0.05, 0.1) is 0 Å². The summed E-state index contributed by atoms with van der Waals surface area (Å²) in [5, 5.41) is 10.8. The molecule has 110 valence electrons. The molecule has 6 heteroatoms. The van der Waals surface area contributed by atoms with E-state index in [0.29, 0.717) is 11.9 Å².